The van der Waals surface area contributed by atoms with Crippen molar-refractivity contribution in [1.82, 2.24) is 14.4 Å². The molecule has 0 amide bonds. The number of piperazine rings is 1. The summed E-state index contributed by atoms with van der Waals surface area (Å²) in [4.78, 5) is 5.03. The van der Waals surface area contributed by atoms with Gasteiger partial charge in [-0.3, -0.25) is 4.90 Å². The molecule has 1 fully saturated rings. The van der Waals surface area contributed by atoms with Crippen LogP contribution in [0.2, 0.25) is 5.02 Å². The third-order valence-electron chi connectivity index (χ3n) is 5.42. The van der Waals surface area contributed by atoms with Crippen LogP contribution in [0.15, 0.2) is 42.5 Å². The number of hydrogen-bond donors (Lipinski definition) is 0. The van der Waals surface area contributed by atoms with E-state index in [0.29, 0.717) is 6.04 Å². The molecule has 1 unspecified atom stereocenters. The normalized spacial score (nSPS) is 20.2. The fourth-order valence-electron chi connectivity index (χ4n) is 3.84. The first kappa shape index (κ1) is 15.9. The molecule has 0 radical (unpaired) electrons. The van der Waals surface area contributed by atoms with Crippen molar-refractivity contribution in [2.24, 2.45) is 0 Å². The molecule has 0 aliphatic carbocycles. The number of fused-ring (bicyclic) bond motifs is 3. The van der Waals surface area contributed by atoms with E-state index in [2.05, 4.69) is 64.7 Å². The zero-order chi connectivity index (χ0) is 16.7. The molecule has 1 atom stereocenters. The van der Waals surface area contributed by atoms with Gasteiger partial charge in [-0.15, -0.1) is 0 Å². The van der Waals surface area contributed by atoms with Crippen LogP contribution in [0.1, 0.15) is 6.92 Å². The molecular formula is C20H24ClN3. The Labute approximate surface area is 148 Å². The monoisotopic (exact) mass is 341 g/mol. The van der Waals surface area contributed by atoms with Crippen LogP contribution in [0.5, 0.6) is 0 Å². The van der Waals surface area contributed by atoms with Gasteiger partial charge in [0.1, 0.15) is 0 Å². The lowest BCUT2D eigenvalue weighted by Gasteiger charge is -2.37. The van der Waals surface area contributed by atoms with E-state index in [9.17, 15) is 0 Å². The summed E-state index contributed by atoms with van der Waals surface area (Å²) in [6.07, 6.45) is 0. The van der Waals surface area contributed by atoms with E-state index in [4.69, 9.17) is 11.6 Å². The largest absolute Gasteiger partial charge is 0.339 e. The highest BCUT2D eigenvalue weighted by Crippen LogP contribution is 2.30. The summed E-state index contributed by atoms with van der Waals surface area (Å²) in [6.45, 7) is 7.89. The van der Waals surface area contributed by atoms with Crippen molar-refractivity contribution in [3.8, 4) is 0 Å². The second kappa shape index (κ2) is 6.40. The van der Waals surface area contributed by atoms with Gasteiger partial charge in [-0.25, -0.2) is 0 Å². The summed E-state index contributed by atoms with van der Waals surface area (Å²) in [7, 11) is 2.22. The molecular weight excluding hydrogens is 318 g/mol. The second-order valence-electron chi connectivity index (χ2n) is 6.96. The van der Waals surface area contributed by atoms with Crippen molar-refractivity contribution < 1.29 is 0 Å². The van der Waals surface area contributed by atoms with Crippen LogP contribution >= 0.6 is 11.6 Å². The maximum absolute atomic E-state index is 6.23. The average molecular weight is 342 g/mol. The Hall–Kier alpha value is -1.55. The Kier molecular flexibility index (Phi) is 4.25. The maximum atomic E-state index is 6.23. The van der Waals surface area contributed by atoms with Gasteiger partial charge in [-0.2, -0.15) is 0 Å². The molecule has 0 saturated carbocycles. The van der Waals surface area contributed by atoms with Crippen LogP contribution in [0.4, 0.5) is 0 Å². The Morgan fingerprint density at radius 3 is 2.62 bits per heavy atom. The van der Waals surface area contributed by atoms with E-state index in [1.54, 1.807) is 0 Å². The molecule has 24 heavy (non-hydrogen) atoms. The van der Waals surface area contributed by atoms with Gasteiger partial charge in [0, 0.05) is 65.6 Å². The lowest BCUT2D eigenvalue weighted by Crippen LogP contribution is -2.50. The van der Waals surface area contributed by atoms with Crippen LogP contribution < -0.4 is 0 Å². The number of aromatic nitrogens is 1. The fraction of sp³-hybridized carbons (Fsp3) is 0.400. The SMILES string of the molecule is CC1CN(CCn2c3ccccc3c3cc(Cl)ccc32)CCN1C. The minimum absolute atomic E-state index is 0.635. The van der Waals surface area contributed by atoms with E-state index in [0.717, 1.165) is 37.7 Å². The predicted octanol–water partition coefficient (Wildman–Crippen LogP) is 4.08. The van der Waals surface area contributed by atoms with Gasteiger partial charge in [0.25, 0.3) is 0 Å². The molecule has 4 rings (SSSR count). The smallest absolute Gasteiger partial charge is 0.0492 e. The van der Waals surface area contributed by atoms with Crippen molar-refractivity contribution >= 4 is 33.4 Å². The van der Waals surface area contributed by atoms with Crippen molar-refractivity contribution in [3.05, 3.63) is 47.5 Å². The zero-order valence-corrected chi connectivity index (χ0v) is 15.1. The van der Waals surface area contributed by atoms with Gasteiger partial charge in [-0.05, 0) is 38.2 Å². The van der Waals surface area contributed by atoms with Crippen molar-refractivity contribution in [1.29, 1.82) is 0 Å². The minimum atomic E-state index is 0.635. The Balaban J connectivity index is 1.66. The van der Waals surface area contributed by atoms with Crippen molar-refractivity contribution in [2.75, 3.05) is 33.2 Å². The van der Waals surface area contributed by atoms with Crippen LogP contribution in [0.3, 0.4) is 0 Å². The van der Waals surface area contributed by atoms with Gasteiger partial charge in [0.2, 0.25) is 0 Å². The maximum Gasteiger partial charge on any atom is 0.0492 e. The lowest BCUT2D eigenvalue weighted by molar-refractivity contribution is 0.103. The molecule has 2 aromatic carbocycles. The molecule has 0 N–H and O–H groups in total. The molecule has 1 saturated heterocycles. The molecule has 3 nitrogen and oxygen atoms in total. The molecule has 1 aromatic heterocycles. The number of para-hydroxylation sites is 1. The molecule has 126 valence electrons. The van der Waals surface area contributed by atoms with Crippen molar-refractivity contribution in [2.45, 2.75) is 19.5 Å². The summed E-state index contributed by atoms with van der Waals surface area (Å²) >= 11 is 6.23. The molecule has 1 aliphatic rings. The van der Waals surface area contributed by atoms with Crippen LogP contribution in [0, 0.1) is 0 Å². The number of nitrogens with zero attached hydrogens (tertiary/aromatic N) is 3. The minimum Gasteiger partial charge on any atom is -0.339 e. The average Bonchev–Trinajstić information content (AvgIpc) is 2.89. The van der Waals surface area contributed by atoms with Gasteiger partial charge >= 0.3 is 0 Å². The summed E-state index contributed by atoms with van der Waals surface area (Å²) in [5, 5.41) is 3.35. The standard InChI is InChI=1S/C20H24ClN3/c1-15-14-23(10-9-22(15)2)11-12-24-19-6-4-3-5-17(19)18-13-16(21)7-8-20(18)24/h3-8,13,15H,9-12,14H2,1-2H3. The fourth-order valence-corrected chi connectivity index (χ4v) is 4.01. The number of hydrogen-bond acceptors (Lipinski definition) is 2. The summed E-state index contributed by atoms with van der Waals surface area (Å²) in [5.74, 6) is 0. The van der Waals surface area contributed by atoms with Gasteiger partial charge in [-0.1, -0.05) is 29.8 Å². The Morgan fingerprint density at radius 2 is 1.79 bits per heavy atom. The number of benzene rings is 2. The molecule has 3 aromatic rings. The van der Waals surface area contributed by atoms with Crippen molar-refractivity contribution in [3.63, 3.8) is 0 Å². The van der Waals surface area contributed by atoms with Gasteiger partial charge in [0.05, 0.1) is 0 Å². The molecule has 1 aliphatic heterocycles. The first-order valence-electron chi connectivity index (χ1n) is 8.72. The number of rotatable bonds is 3. The highest BCUT2D eigenvalue weighted by Gasteiger charge is 2.20. The zero-order valence-electron chi connectivity index (χ0n) is 14.4. The first-order chi connectivity index (χ1) is 11.6. The van der Waals surface area contributed by atoms with Crippen LogP contribution in [-0.4, -0.2) is 53.6 Å². The number of halogens is 1. The molecule has 0 spiro atoms. The van der Waals surface area contributed by atoms with E-state index >= 15 is 0 Å². The highest BCUT2D eigenvalue weighted by atomic mass is 35.5. The molecule has 2 heterocycles. The van der Waals surface area contributed by atoms with E-state index in [1.165, 1.54) is 21.8 Å². The van der Waals surface area contributed by atoms with E-state index in [1.807, 2.05) is 6.07 Å². The molecule has 4 heteroatoms. The highest BCUT2D eigenvalue weighted by molar-refractivity contribution is 6.31. The van der Waals surface area contributed by atoms with Crippen LogP contribution in [-0.2, 0) is 6.54 Å². The Bertz CT molecular complexity index is 870. The molecule has 0 bridgehead atoms. The van der Waals surface area contributed by atoms with Gasteiger partial charge < -0.3 is 9.47 Å². The first-order valence-corrected chi connectivity index (χ1v) is 9.10. The summed E-state index contributed by atoms with van der Waals surface area (Å²) < 4.78 is 2.45. The second-order valence-corrected chi connectivity index (χ2v) is 7.40. The quantitative estimate of drug-likeness (QED) is 0.711. The third-order valence-corrected chi connectivity index (χ3v) is 5.65. The predicted molar refractivity (Wildman–Crippen MR) is 103 cm³/mol. The summed E-state index contributed by atoms with van der Waals surface area (Å²) in [6, 6.07) is 15.5. The summed E-state index contributed by atoms with van der Waals surface area (Å²) in [5.41, 5.74) is 2.58. The lowest BCUT2D eigenvalue weighted by atomic mass is 10.2. The third kappa shape index (κ3) is 2.81. The number of likely N-dealkylation sites (N-methyl/N-ethyl adjacent to an activating group) is 1. The van der Waals surface area contributed by atoms with Crippen LogP contribution in [0.25, 0.3) is 21.8 Å². The van der Waals surface area contributed by atoms with E-state index in [-0.39, 0.29) is 0 Å². The Morgan fingerprint density at radius 1 is 1.00 bits per heavy atom. The van der Waals surface area contributed by atoms with Gasteiger partial charge in [0.15, 0.2) is 0 Å². The van der Waals surface area contributed by atoms with E-state index < -0.39 is 0 Å². The topological polar surface area (TPSA) is 11.4 Å².